The van der Waals surface area contributed by atoms with Crippen molar-refractivity contribution in [3.8, 4) is 6.07 Å². The van der Waals surface area contributed by atoms with Gasteiger partial charge in [-0.25, -0.2) is 10.4 Å². The lowest BCUT2D eigenvalue weighted by Gasteiger charge is -2.33. The molecule has 9 nitrogen and oxygen atoms in total. The molecule has 0 aromatic carbocycles. The molecule has 31 heavy (non-hydrogen) atoms. The van der Waals surface area contributed by atoms with Gasteiger partial charge in [0.25, 0.3) is 5.91 Å². The van der Waals surface area contributed by atoms with Gasteiger partial charge < -0.3 is 10.1 Å². The van der Waals surface area contributed by atoms with Crippen LogP contribution in [0.25, 0.3) is 0 Å². The molecule has 4 atom stereocenters. The lowest BCUT2D eigenvalue weighted by molar-refractivity contribution is -0.0287. The number of carbonyl (C=O) groups is 1. The van der Waals surface area contributed by atoms with Crippen molar-refractivity contribution in [2.75, 3.05) is 13.2 Å². The van der Waals surface area contributed by atoms with Crippen molar-refractivity contribution in [1.29, 1.82) is 5.26 Å². The molecule has 2 aromatic rings. The van der Waals surface area contributed by atoms with E-state index in [1.807, 2.05) is 24.7 Å². The molecule has 1 amide bonds. The second kappa shape index (κ2) is 8.04. The van der Waals surface area contributed by atoms with Crippen LogP contribution in [-0.2, 0) is 4.74 Å². The quantitative estimate of drug-likeness (QED) is 0.684. The van der Waals surface area contributed by atoms with Crippen molar-refractivity contribution < 1.29 is 9.53 Å². The summed E-state index contributed by atoms with van der Waals surface area (Å²) >= 11 is 0. The van der Waals surface area contributed by atoms with Crippen LogP contribution in [0.5, 0.6) is 0 Å². The zero-order chi connectivity index (χ0) is 21.5. The molecule has 4 unspecified atom stereocenters. The summed E-state index contributed by atoms with van der Waals surface area (Å²) < 4.78 is 7.27. The van der Waals surface area contributed by atoms with Gasteiger partial charge in [-0.3, -0.25) is 14.9 Å². The highest BCUT2D eigenvalue weighted by molar-refractivity contribution is 5.94. The largest absolute Gasteiger partial charge is 0.377 e. The first kappa shape index (κ1) is 20.1. The van der Waals surface area contributed by atoms with Gasteiger partial charge in [0, 0.05) is 30.0 Å². The lowest BCUT2D eigenvalue weighted by Crippen LogP contribution is -2.44. The van der Waals surface area contributed by atoms with E-state index < -0.39 is 0 Å². The number of fused-ring (bicyclic) bond motifs is 1. The van der Waals surface area contributed by atoms with E-state index in [9.17, 15) is 10.1 Å². The molecule has 3 aliphatic rings. The number of amides is 1. The van der Waals surface area contributed by atoms with Gasteiger partial charge in [-0.1, -0.05) is 0 Å². The highest BCUT2D eigenvalue weighted by Gasteiger charge is 2.42. The second-order valence-corrected chi connectivity index (χ2v) is 8.85. The summed E-state index contributed by atoms with van der Waals surface area (Å²) in [6.45, 7) is 5.15. The number of hydrazine groups is 1. The van der Waals surface area contributed by atoms with Crippen LogP contribution in [0.4, 0.5) is 0 Å². The average Bonchev–Trinajstić information content (AvgIpc) is 3.35. The summed E-state index contributed by atoms with van der Waals surface area (Å²) in [5, 5.41) is 16.9. The average molecular weight is 422 g/mol. The van der Waals surface area contributed by atoms with Gasteiger partial charge in [-0.15, -0.1) is 0 Å². The molecular formula is C22H27N7O2. The third kappa shape index (κ3) is 3.61. The van der Waals surface area contributed by atoms with E-state index in [1.165, 1.54) is 11.8 Å². The number of ether oxygens (including phenoxy) is 1. The first-order valence-corrected chi connectivity index (χ1v) is 10.8. The maximum absolute atomic E-state index is 12.9. The predicted molar refractivity (Wildman–Crippen MR) is 112 cm³/mol. The van der Waals surface area contributed by atoms with Gasteiger partial charge in [-0.2, -0.15) is 10.4 Å². The molecule has 162 valence electrons. The SMILES string of the molecule is Cc1c(C#N)cnc(C(=O)NC2CCC3NNC(c4cnn(C5COC5)c4)C3C2)c1C. The standard InChI is InChI=1S/C22H27N7O2/c1-12-13(2)20(24-7-14(12)6-23)22(30)26-16-3-4-19-18(5-16)21(28-27-19)15-8-25-29(9-15)17-10-31-11-17/h7-9,16-19,21,27-28H,3-5,10-11H2,1-2H3,(H,26,30). The van der Waals surface area contributed by atoms with Gasteiger partial charge in [0.15, 0.2) is 0 Å². The fraction of sp³-hybridized carbons (Fsp3) is 0.545. The molecule has 3 N–H and O–H groups in total. The molecule has 9 heteroatoms. The highest BCUT2D eigenvalue weighted by Crippen LogP contribution is 2.38. The van der Waals surface area contributed by atoms with Crippen LogP contribution in [0.1, 0.15) is 64.1 Å². The zero-order valence-electron chi connectivity index (χ0n) is 17.8. The van der Waals surface area contributed by atoms with E-state index >= 15 is 0 Å². The van der Waals surface area contributed by atoms with Crippen LogP contribution in [0.15, 0.2) is 18.6 Å². The van der Waals surface area contributed by atoms with Crippen LogP contribution < -0.4 is 16.2 Å². The van der Waals surface area contributed by atoms with Crippen LogP contribution in [0.3, 0.4) is 0 Å². The van der Waals surface area contributed by atoms with Crippen molar-refractivity contribution in [3.05, 3.63) is 46.5 Å². The van der Waals surface area contributed by atoms with Gasteiger partial charge in [0.05, 0.1) is 37.1 Å². The number of aromatic nitrogens is 3. The third-order valence-electron chi connectivity index (χ3n) is 7.04. The highest BCUT2D eigenvalue weighted by atomic mass is 16.5. The molecule has 0 bridgehead atoms. The summed E-state index contributed by atoms with van der Waals surface area (Å²) in [6.07, 6.45) is 8.33. The Hall–Kier alpha value is -2.80. The number of hydrogen-bond donors (Lipinski definition) is 3. The van der Waals surface area contributed by atoms with Crippen molar-refractivity contribution in [2.45, 2.75) is 57.3 Å². The molecule has 4 heterocycles. The number of carbonyl (C=O) groups excluding carboxylic acids is 1. The number of nitrogens with zero attached hydrogens (tertiary/aromatic N) is 4. The third-order valence-corrected chi connectivity index (χ3v) is 7.04. The summed E-state index contributed by atoms with van der Waals surface area (Å²) in [6, 6.07) is 3.09. The zero-order valence-corrected chi connectivity index (χ0v) is 17.8. The molecule has 1 saturated carbocycles. The molecule has 5 rings (SSSR count). The summed E-state index contributed by atoms with van der Waals surface area (Å²) in [5.74, 6) is 0.202. The molecule has 1 aliphatic carbocycles. The monoisotopic (exact) mass is 421 g/mol. The Morgan fingerprint density at radius 2 is 2.10 bits per heavy atom. The molecule has 0 spiro atoms. The maximum atomic E-state index is 12.9. The molecule has 0 radical (unpaired) electrons. The van der Waals surface area contributed by atoms with E-state index in [0.717, 1.165) is 43.6 Å². The number of hydrogen-bond acceptors (Lipinski definition) is 7. The Labute approximate surface area is 181 Å². The van der Waals surface area contributed by atoms with Gasteiger partial charge >= 0.3 is 0 Å². The van der Waals surface area contributed by atoms with Crippen LogP contribution in [-0.4, -0.2) is 46.0 Å². The number of rotatable bonds is 4. The van der Waals surface area contributed by atoms with Crippen LogP contribution >= 0.6 is 0 Å². The minimum atomic E-state index is -0.165. The topological polar surface area (TPSA) is 117 Å². The minimum Gasteiger partial charge on any atom is -0.377 e. The fourth-order valence-electron chi connectivity index (χ4n) is 4.91. The van der Waals surface area contributed by atoms with Crippen molar-refractivity contribution in [1.82, 2.24) is 30.9 Å². The van der Waals surface area contributed by atoms with Crippen molar-refractivity contribution in [3.63, 3.8) is 0 Å². The van der Waals surface area contributed by atoms with Gasteiger partial charge in [0.1, 0.15) is 11.8 Å². The minimum absolute atomic E-state index is 0.0881. The Morgan fingerprint density at radius 3 is 2.84 bits per heavy atom. The summed E-state index contributed by atoms with van der Waals surface area (Å²) in [5.41, 5.74) is 10.5. The Bertz CT molecular complexity index is 1040. The van der Waals surface area contributed by atoms with E-state index in [1.54, 1.807) is 0 Å². The Balaban J connectivity index is 1.27. The first-order chi connectivity index (χ1) is 15.0. The molecular weight excluding hydrogens is 394 g/mol. The first-order valence-electron chi connectivity index (χ1n) is 10.8. The summed E-state index contributed by atoms with van der Waals surface area (Å²) in [4.78, 5) is 17.2. The number of nitriles is 1. The van der Waals surface area contributed by atoms with E-state index in [2.05, 4.69) is 38.5 Å². The number of pyridine rings is 1. The van der Waals surface area contributed by atoms with Crippen LogP contribution in [0.2, 0.25) is 0 Å². The smallest absolute Gasteiger partial charge is 0.270 e. The van der Waals surface area contributed by atoms with Gasteiger partial charge in [-0.05, 0) is 50.2 Å². The van der Waals surface area contributed by atoms with E-state index in [-0.39, 0.29) is 18.0 Å². The molecule has 2 aliphatic heterocycles. The Morgan fingerprint density at radius 1 is 1.26 bits per heavy atom. The van der Waals surface area contributed by atoms with Crippen LogP contribution in [0, 0.1) is 31.1 Å². The van der Waals surface area contributed by atoms with Crippen molar-refractivity contribution in [2.24, 2.45) is 5.92 Å². The number of nitrogens with one attached hydrogen (secondary N) is 3. The summed E-state index contributed by atoms with van der Waals surface area (Å²) in [7, 11) is 0. The fourth-order valence-corrected chi connectivity index (χ4v) is 4.91. The second-order valence-electron chi connectivity index (χ2n) is 8.85. The predicted octanol–water partition coefficient (Wildman–Crippen LogP) is 1.45. The normalized spacial score (nSPS) is 27.9. The molecule has 2 aromatic heterocycles. The Kier molecular flexibility index (Phi) is 5.22. The van der Waals surface area contributed by atoms with E-state index in [0.29, 0.717) is 29.3 Å². The maximum Gasteiger partial charge on any atom is 0.270 e. The van der Waals surface area contributed by atoms with Gasteiger partial charge in [0.2, 0.25) is 0 Å². The lowest BCUT2D eigenvalue weighted by atomic mass is 9.77. The van der Waals surface area contributed by atoms with Crippen molar-refractivity contribution >= 4 is 5.91 Å². The molecule has 3 fully saturated rings. The molecule has 2 saturated heterocycles. The van der Waals surface area contributed by atoms with E-state index in [4.69, 9.17) is 4.74 Å².